The van der Waals surface area contributed by atoms with Gasteiger partial charge in [-0.1, -0.05) is 106 Å². The monoisotopic (exact) mass is 550 g/mol. The van der Waals surface area contributed by atoms with Crippen LogP contribution >= 0.6 is 0 Å². The molecule has 0 aliphatic heterocycles. The zero-order valence-electron chi connectivity index (χ0n) is 23.8. The molecule has 0 atom stereocenters. The van der Waals surface area contributed by atoms with Crippen molar-refractivity contribution in [3.05, 3.63) is 95.6 Å². The van der Waals surface area contributed by atoms with Crippen LogP contribution in [0, 0.1) is 29.2 Å². The highest BCUT2D eigenvalue weighted by molar-refractivity contribution is 5.71. The van der Waals surface area contributed by atoms with E-state index in [1.54, 1.807) is 48.5 Å². The molecule has 0 unspecified atom stereocenters. The second kappa shape index (κ2) is 14.7. The highest BCUT2D eigenvalue weighted by Crippen LogP contribution is 2.39. The first-order valence-electron chi connectivity index (χ1n) is 15.1. The minimum Gasteiger partial charge on any atom is -0.203 e. The maximum absolute atomic E-state index is 15.1. The fourth-order valence-electron chi connectivity index (χ4n) is 6.05. The quantitative estimate of drug-likeness (QED) is 0.113. The fraction of sp³-hybridized carbons (Fsp3) is 0.444. The molecule has 0 aromatic heterocycles. The Morgan fingerprint density at radius 2 is 1.15 bits per heavy atom. The zero-order valence-corrected chi connectivity index (χ0v) is 23.8. The Morgan fingerprint density at radius 3 is 1.73 bits per heavy atom. The van der Waals surface area contributed by atoms with Crippen LogP contribution in [0.15, 0.2) is 61.2 Å². The van der Waals surface area contributed by atoms with E-state index in [2.05, 4.69) is 13.5 Å². The summed E-state index contributed by atoms with van der Waals surface area (Å²) in [6.45, 7) is 6.05. The van der Waals surface area contributed by atoms with Crippen LogP contribution in [0.2, 0.25) is 0 Å². The molecule has 1 fully saturated rings. The van der Waals surface area contributed by atoms with Gasteiger partial charge in [-0.2, -0.15) is 0 Å². The highest BCUT2D eigenvalue weighted by Gasteiger charge is 2.25. The van der Waals surface area contributed by atoms with E-state index in [1.165, 1.54) is 32.1 Å². The third-order valence-corrected chi connectivity index (χ3v) is 8.63. The Morgan fingerprint density at radius 1 is 0.625 bits per heavy atom. The van der Waals surface area contributed by atoms with E-state index in [9.17, 15) is 4.39 Å². The number of unbranched alkanes of at least 4 members (excludes halogenated alkanes) is 7. The number of benzene rings is 3. The van der Waals surface area contributed by atoms with Crippen LogP contribution in [-0.4, -0.2) is 0 Å². The molecule has 0 nitrogen and oxygen atoms in total. The lowest BCUT2D eigenvalue weighted by atomic mass is 9.78. The van der Waals surface area contributed by atoms with E-state index >= 15 is 13.2 Å². The molecule has 0 spiro atoms. The lowest BCUT2D eigenvalue weighted by Crippen LogP contribution is -2.13. The van der Waals surface area contributed by atoms with Gasteiger partial charge in [-0.15, -0.1) is 6.58 Å². The average Bonchev–Trinajstić information content (AvgIpc) is 2.98. The van der Waals surface area contributed by atoms with Gasteiger partial charge in [0.2, 0.25) is 0 Å². The molecule has 1 saturated carbocycles. The summed E-state index contributed by atoms with van der Waals surface area (Å²) in [5.41, 5.74) is 2.16. The highest BCUT2D eigenvalue weighted by atomic mass is 19.2. The van der Waals surface area contributed by atoms with Crippen molar-refractivity contribution in [3.8, 4) is 22.3 Å². The van der Waals surface area contributed by atoms with Gasteiger partial charge < -0.3 is 0 Å². The molecule has 4 rings (SSSR count). The summed E-state index contributed by atoms with van der Waals surface area (Å²) in [7, 11) is 0. The van der Waals surface area contributed by atoms with Crippen LogP contribution in [0.1, 0.15) is 101 Å². The van der Waals surface area contributed by atoms with Crippen LogP contribution in [0.4, 0.5) is 17.6 Å². The molecule has 214 valence electrons. The lowest BCUT2D eigenvalue weighted by molar-refractivity contribution is 0.364. The molecule has 40 heavy (non-hydrogen) atoms. The zero-order chi connectivity index (χ0) is 28.5. The van der Waals surface area contributed by atoms with Gasteiger partial charge in [0.15, 0.2) is 23.3 Å². The van der Waals surface area contributed by atoms with Gasteiger partial charge in [-0.05, 0) is 72.6 Å². The molecule has 0 bridgehead atoms. The van der Waals surface area contributed by atoms with Crippen molar-refractivity contribution in [1.82, 2.24) is 0 Å². The fourth-order valence-corrected chi connectivity index (χ4v) is 6.05. The van der Waals surface area contributed by atoms with E-state index in [-0.39, 0.29) is 17.0 Å². The second-order valence-corrected chi connectivity index (χ2v) is 11.4. The molecule has 1 aliphatic carbocycles. The molecule has 0 N–H and O–H groups in total. The summed E-state index contributed by atoms with van der Waals surface area (Å²) >= 11 is 0. The van der Waals surface area contributed by atoms with Crippen LogP contribution in [-0.2, 0) is 6.42 Å². The van der Waals surface area contributed by atoms with E-state index in [1.807, 2.05) is 6.08 Å². The first-order valence-corrected chi connectivity index (χ1v) is 15.1. The third-order valence-electron chi connectivity index (χ3n) is 8.63. The van der Waals surface area contributed by atoms with Gasteiger partial charge in [0.1, 0.15) is 0 Å². The predicted octanol–water partition coefficient (Wildman–Crippen LogP) is 11.7. The summed E-state index contributed by atoms with van der Waals surface area (Å²) in [6.07, 6.45) is 15.2. The van der Waals surface area contributed by atoms with Crippen LogP contribution in [0.3, 0.4) is 0 Å². The van der Waals surface area contributed by atoms with Crippen LogP contribution in [0.25, 0.3) is 22.3 Å². The minimum absolute atomic E-state index is 0.0125. The molecule has 0 heterocycles. The van der Waals surface area contributed by atoms with E-state index < -0.39 is 23.3 Å². The average molecular weight is 551 g/mol. The predicted molar refractivity (Wildman–Crippen MR) is 158 cm³/mol. The normalized spacial score (nSPS) is 17.2. The van der Waals surface area contributed by atoms with E-state index in [0.717, 1.165) is 44.9 Å². The van der Waals surface area contributed by atoms with Crippen molar-refractivity contribution >= 4 is 0 Å². The van der Waals surface area contributed by atoms with Crippen molar-refractivity contribution in [2.24, 2.45) is 5.92 Å². The molecule has 0 saturated heterocycles. The first-order chi connectivity index (χ1) is 19.4. The van der Waals surface area contributed by atoms with Crippen LogP contribution < -0.4 is 0 Å². The number of rotatable bonds is 13. The van der Waals surface area contributed by atoms with Crippen molar-refractivity contribution < 1.29 is 17.6 Å². The Kier molecular flexibility index (Phi) is 11.0. The molecule has 3 aromatic rings. The Labute approximate surface area is 237 Å². The molecule has 0 radical (unpaired) electrons. The van der Waals surface area contributed by atoms with Gasteiger partial charge in [0.25, 0.3) is 0 Å². The van der Waals surface area contributed by atoms with Gasteiger partial charge in [0.05, 0.1) is 0 Å². The van der Waals surface area contributed by atoms with E-state index in [0.29, 0.717) is 34.6 Å². The van der Waals surface area contributed by atoms with Gasteiger partial charge >= 0.3 is 0 Å². The SMILES string of the molecule is C=CC1CCC(c2ccc(-c3ccc(-c4ccc(CCCCCCCCCC)c(F)c4F)cc3)c(F)c2F)CC1. The number of allylic oxidation sites excluding steroid dienone is 1. The summed E-state index contributed by atoms with van der Waals surface area (Å²) in [5, 5.41) is 0. The van der Waals surface area contributed by atoms with Crippen molar-refractivity contribution in [2.45, 2.75) is 96.3 Å². The van der Waals surface area contributed by atoms with Crippen molar-refractivity contribution in [2.75, 3.05) is 0 Å². The molecule has 3 aromatic carbocycles. The number of halogens is 4. The van der Waals surface area contributed by atoms with Crippen molar-refractivity contribution in [3.63, 3.8) is 0 Å². The maximum Gasteiger partial charge on any atom is 0.166 e. The first kappa shape index (κ1) is 30.1. The number of hydrogen-bond acceptors (Lipinski definition) is 0. The smallest absolute Gasteiger partial charge is 0.166 e. The summed E-state index contributed by atoms with van der Waals surface area (Å²) < 4.78 is 60.1. The summed E-state index contributed by atoms with van der Waals surface area (Å²) in [6, 6.07) is 13.1. The maximum atomic E-state index is 15.1. The number of aryl methyl sites for hydroxylation is 1. The minimum atomic E-state index is -0.863. The largest absolute Gasteiger partial charge is 0.203 e. The Hall–Kier alpha value is -2.88. The van der Waals surface area contributed by atoms with Crippen LogP contribution in [0.5, 0.6) is 0 Å². The standard InChI is InChI=1S/C36H42F4/c1-3-5-6-7-8-9-10-11-12-29-21-22-30(34(38)33(29)37)27-17-19-28(20-18-27)32-24-23-31(35(39)36(32)40)26-15-13-25(4-2)14-16-26/h4,17-26H,2-3,5-16H2,1H3. The molecular weight excluding hydrogens is 508 g/mol. The molecule has 4 heteroatoms. The Balaban J connectivity index is 1.40. The Bertz CT molecular complexity index is 1250. The third kappa shape index (κ3) is 7.25. The summed E-state index contributed by atoms with van der Waals surface area (Å²) in [4.78, 5) is 0. The molecular formula is C36H42F4. The molecule has 1 aliphatic rings. The topological polar surface area (TPSA) is 0 Å². The van der Waals surface area contributed by atoms with Gasteiger partial charge in [0, 0.05) is 11.1 Å². The van der Waals surface area contributed by atoms with Gasteiger partial charge in [-0.25, -0.2) is 17.6 Å². The van der Waals surface area contributed by atoms with Crippen molar-refractivity contribution in [1.29, 1.82) is 0 Å². The lowest BCUT2D eigenvalue weighted by Gasteiger charge is -2.27. The summed E-state index contributed by atoms with van der Waals surface area (Å²) in [5.74, 6) is -2.85. The second-order valence-electron chi connectivity index (χ2n) is 11.4. The van der Waals surface area contributed by atoms with E-state index in [4.69, 9.17) is 0 Å². The van der Waals surface area contributed by atoms with Gasteiger partial charge in [-0.3, -0.25) is 0 Å². The molecule has 0 amide bonds. The number of hydrogen-bond donors (Lipinski definition) is 0.